The van der Waals surface area contributed by atoms with Gasteiger partial charge >= 0.3 is 6.09 Å². The van der Waals surface area contributed by atoms with Crippen molar-refractivity contribution in [2.75, 3.05) is 6.54 Å². The largest absolute Gasteiger partial charge is 0.438 e. The summed E-state index contributed by atoms with van der Waals surface area (Å²) >= 11 is 0. The van der Waals surface area contributed by atoms with Crippen molar-refractivity contribution < 1.29 is 14.6 Å². The minimum absolute atomic E-state index is 0.0542. The Bertz CT molecular complexity index is 645. The molecular weight excluding hydrogens is 314 g/mol. The van der Waals surface area contributed by atoms with Crippen molar-refractivity contribution in [3.05, 3.63) is 60.2 Å². The summed E-state index contributed by atoms with van der Waals surface area (Å²) in [4.78, 5) is 14.5. The molecule has 2 rings (SSSR count). The second-order valence-corrected chi connectivity index (χ2v) is 7.48. The fourth-order valence-electron chi connectivity index (χ4n) is 3.46. The van der Waals surface area contributed by atoms with E-state index in [0.717, 1.165) is 11.1 Å². The predicted molar refractivity (Wildman–Crippen MR) is 100 cm³/mol. The minimum Gasteiger partial charge on any atom is -0.438 e. The van der Waals surface area contributed by atoms with Gasteiger partial charge in [0, 0.05) is 19.4 Å². The number of rotatable bonds is 6. The van der Waals surface area contributed by atoms with Crippen LogP contribution >= 0.6 is 0 Å². The Morgan fingerprint density at radius 1 is 1.44 bits per heavy atom. The van der Waals surface area contributed by atoms with Gasteiger partial charge in [-0.15, -0.1) is 0 Å². The molecule has 0 bridgehead atoms. The highest BCUT2D eigenvalue weighted by molar-refractivity contribution is 5.70. The van der Waals surface area contributed by atoms with Gasteiger partial charge in [-0.25, -0.2) is 4.79 Å². The first-order valence-corrected chi connectivity index (χ1v) is 8.75. The van der Waals surface area contributed by atoms with Gasteiger partial charge < -0.3 is 14.7 Å². The molecule has 1 amide bonds. The normalized spacial score (nSPS) is 23.2. The molecule has 1 heterocycles. The van der Waals surface area contributed by atoms with Crippen LogP contribution in [0.25, 0.3) is 0 Å². The minimum atomic E-state index is -0.942. The molecule has 0 aliphatic carbocycles. The van der Waals surface area contributed by atoms with Crippen LogP contribution in [0.5, 0.6) is 0 Å². The number of hydrogen-bond donors (Lipinski definition) is 1. The maximum Gasteiger partial charge on any atom is 0.411 e. The molecule has 1 aliphatic rings. The highest BCUT2D eigenvalue weighted by atomic mass is 16.6. The highest BCUT2D eigenvalue weighted by Gasteiger charge is 2.46. The number of carbonyl (C=O) groups excluding carboxylic acids is 1. The van der Waals surface area contributed by atoms with Crippen LogP contribution in [0, 0.1) is 0 Å². The number of benzene rings is 1. The third kappa shape index (κ3) is 4.51. The van der Waals surface area contributed by atoms with Gasteiger partial charge in [-0.1, -0.05) is 54.6 Å². The van der Waals surface area contributed by atoms with Gasteiger partial charge in [0.2, 0.25) is 0 Å². The third-order valence-corrected chi connectivity index (χ3v) is 4.80. The Labute approximate surface area is 150 Å². The van der Waals surface area contributed by atoms with Crippen molar-refractivity contribution in [3.8, 4) is 0 Å². The summed E-state index contributed by atoms with van der Waals surface area (Å²) in [5, 5.41) is 10.4. The Morgan fingerprint density at radius 2 is 2.08 bits per heavy atom. The Morgan fingerprint density at radius 3 is 2.60 bits per heavy atom. The number of allylic oxidation sites excluding steroid dienone is 2. The number of aliphatic hydroxyl groups is 1. The molecule has 0 spiro atoms. The lowest BCUT2D eigenvalue weighted by atomic mass is 9.80. The van der Waals surface area contributed by atoms with Crippen molar-refractivity contribution in [2.24, 2.45) is 0 Å². The van der Waals surface area contributed by atoms with Gasteiger partial charge in [0.15, 0.2) is 0 Å². The standard InChI is InChI=1S/C21H29NO3/c1-6-10-16(2)17(3)22-14-13-21(25-19(22)23,15-20(4,5)24)18-11-8-7-9-12-18/h6-12,17,24H,1,13-15H2,2-5H3. The summed E-state index contributed by atoms with van der Waals surface area (Å²) in [7, 11) is 0. The lowest BCUT2D eigenvalue weighted by Crippen LogP contribution is -2.53. The molecule has 1 fully saturated rings. The zero-order valence-corrected chi connectivity index (χ0v) is 15.7. The van der Waals surface area contributed by atoms with E-state index in [2.05, 4.69) is 6.58 Å². The summed E-state index contributed by atoms with van der Waals surface area (Å²) in [6.45, 7) is 11.8. The smallest absolute Gasteiger partial charge is 0.411 e. The van der Waals surface area contributed by atoms with Gasteiger partial charge in [0.1, 0.15) is 5.60 Å². The van der Waals surface area contributed by atoms with E-state index in [-0.39, 0.29) is 12.1 Å². The Balaban J connectivity index is 2.30. The molecule has 2 atom stereocenters. The fourth-order valence-corrected chi connectivity index (χ4v) is 3.46. The quantitative estimate of drug-likeness (QED) is 0.779. The van der Waals surface area contributed by atoms with E-state index in [1.54, 1.807) is 24.8 Å². The molecule has 4 nitrogen and oxygen atoms in total. The first kappa shape index (κ1) is 19.3. The molecule has 0 saturated carbocycles. The summed E-state index contributed by atoms with van der Waals surface area (Å²) in [6, 6.07) is 9.66. The third-order valence-electron chi connectivity index (χ3n) is 4.80. The lowest BCUT2D eigenvalue weighted by molar-refractivity contribution is -0.0990. The van der Waals surface area contributed by atoms with Crippen LogP contribution in [-0.4, -0.2) is 34.3 Å². The topological polar surface area (TPSA) is 49.8 Å². The highest BCUT2D eigenvalue weighted by Crippen LogP contribution is 2.41. The van der Waals surface area contributed by atoms with Crippen LogP contribution in [0.15, 0.2) is 54.6 Å². The van der Waals surface area contributed by atoms with Gasteiger partial charge in [-0.05, 0) is 33.3 Å². The van der Waals surface area contributed by atoms with E-state index >= 15 is 0 Å². The number of cyclic esters (lactones) is 1. The second-order valence-electron chi connectivity index (χ2n) is 7.48. The number of hydrogen-bond acceptors (Lipinski definition) is 3. The van der Waals surface area contributed by atoms with Crippen molar-refractivity contribution in [3.63, 3.8) is 0 Å². The molecule has 1 aromatic carbocycles. The number of carbonyl (C=O) groups is 1. The molecule has 1 N–H and O–H groups in total. The van der Waals surface area contributed by atoms with Gasteiger partial charge in [0.25, 0.3) is 0 Å². The van der Waals surface area contributed by atoms with Crippen LogP contribution in [-0.2, 0) is 10.3 Å². The van der Waals surface area contributed by atoms with E-state index < -0.39 is 11.2 Å². The molecule has 136 valence electrons. The van der Waals surface area contributed by atoms with Crippen LogP contribution in [0.1, 0.15) is 46.1 Å². The van der Waals surface area contributed by atoms with Crippen molar-refractivity contribution >= 4 is 6.09 Å². The zero-order chi connectivity index (χ0) is 18.7. The maximum atomic E-state index is 12.8. The van der Waals surface area contributed by atoms with Crippen LogP contribution in [0.4, 0.5) is 4.79 Å². The van der Waals surface area contributed by atoms with Crippen molar-refractivity contribution in [1.29, 1.82) is 0 Å². The molecule has 0 radical (unpaired) electrons. The molecule has 2 unspecified atom stereocenters. The molecule has 1 aromatic rings. The lowest BCUT2D eigenvalue weighted by Gasteiger charge is -2.45. The first-order chi connectivity index (χ1) is 11.7. The van der Waals surface area contributed by atoms with E-state index in [1.807, 2.05) is 50.3 Å². The average Bonchev–Trinajstić information content (AvgIpc) is 2.54. The second kappa shape index (κ2) is 7.44. The average molecular weight is 343 g/mol. The Kier molecular flexibility index (Phi) is 5.73. The van der Waals surface area contributed by atoms with Crippen molar-refractivity contribution in [1.82, 2.24) is 4.90 Å². The maximum absolute atomic E-state index is 12.8. The Hall–Kier alpha value is -2.07. The summed E-state index contributed by atoms with van der Waals surface area (Å²) in [5.74, 6) is 0. The number of ether oxygens (including phenoxy) is 1. The molecule has 25 heavy (non-hydrogen) atoms. The van der Waals surface area contributed by atoms with Crippen LogP contribution in [0.3, 0.4) is 0 Å². The van der Waals surface area contributed by atoms with Crippen LogP contribution in [0.2, 0.25) is 0 Å². The molecule has 1 saturated heterocycles. The van der Waals surface area contributed by atoms with Gasteiger partial charge in [-0.3, -0.25) is 0 Å². The number of nitrogens with zero attached hydrogens (tertiary/aromatic N) is 1. The number of amides is 1. The molecule has 0 aromatic heterocycles. The van der Waals surface area contributed by atoms with Crippen LogP contribution < -0.4 is 0 Å². The molecule has 1 aliphatic heterocycles. The SMILES string of the molecule is C=CC=C(C)C(C)N1CCC(CC(C)(C)O)(c2ccccc2)OC1=O. The fraction of sp³-hybridized carbons (Fsp3) is 0.476. The first-order valence-electron chi connectivity index (χ1n) is 8.75. The van der Waals surface area contributed by atoms with Crippen molar-refractivity contribution in [2.45, 2.75) is 57.8 Å². The summed E-state index contributed by atoms with van der Waals surface area (Å²) < 4.78 is 5.97. The zero-order valence-electron chi connectivity index (χ0n) is 15.7. The summed E-state index contributed by atoms with van der Waals surface area (Å²) in [6.07, 6.45) is 4.29. The van der Waals surface area contributed by atoms with E-state index in [9.17, 15) is 9.90 Å². The van der Waals surface area contributed by atoms with Gasteiger partial charge in [-0.2, -0.15) is 0 Å². The van der Waals surface area contributed by atoms with E-state index in [1.165, 1.54) is 0 Å². The summed E-state index contributed by atoms with van der Waals surface area (Å²) in [5.41, 5.74) is 0.239. The van der Waals surface area contributed by atoms with E-state index in [0.29, 0.717) is 19.4 Å². The molecular formula is C21H29NO3. The molecule has 4 heteroatoms. The predicted octanol–water partition coefficient (Wildman–Crippen LogP) is 4.41. The monoisotopic (exact) mass is 343 g/mol. The van der Waals surface area contributed by atoms with Gasteiger partial charge in [0.05, 0.1) is 11.6 Å². The van der Waals surface area contributed by atoms with E-state index in [4.69, 9.17) is 4.74 Å².